The van der Waals surface area contributed by atoms with Crippen molar-refractivity contribution in [1.82, 2.24) is 10.2 Å². The Hall–Kier alpha value is 0.210. The molecule has 0 aromatic carbocycles. The van der Waals surface area contributed by atoms with Crippen LogP contribution in [0, 0.1) is 5.41 Å². The lowest BCUT2D eigenvalue weighted by molar-refractivity contribution is 0.322. The molecule has 1 saturated heterocycles. The molecule has 15 heavy (non-hydrogen) atoms. The van der Waals surface area contributed by atoms with Crippen molar-refractivity contribution in [1.29, 1.82) is 0 Å². The van der Waals surface area contributed by atoms with E-state index < -0.39 is 0 Å². The average Bonchev–Trinajstić information content (AvgIpc) is 2.70. The van der Waals surface area contributed by atoms with Crippen LogP contribution in [0.4, 0.5) is 0 Å². The summed E-state index contributed by atoms with van der Waals surface area (Å²) in [5, 5.41) is 3.49. The van der Waals surface area contributed by atoms with Crippen molar-refractivity contribution in [2.24, 2.45) is 5.41 Å². The summed E-state index contributed by atoms with van der Waals surface area (Å²) in [4.78, 5) is 2.56. The van der Waals surface area contributed by atoms with E-state index in [1.54, 1.807) is 0 Å². The van der Waals surface area contributed by atoms with Gasteiger partial charge in [0.15, 0.2) is 0 Å². The zero-order valence-corrected chi connectivity index (χ0v) is 10.9. The summed E-state index contributed by atoms with van der Waals surface area (Å²) < 4.78 is 0. The SMILES string of the molecule is CC(C)(CCl)CNCCCN1CCCC1. The highest BCUT2D eigenvalue weighted by Crippen LogP contribution is 2.14. The van der Waals surface area contributed by atoms with Gasteiger partial charge in [-0.05, 0) is 50.9 Å². The standard InChI is InChI=1S/C12H25ClN2/c1-12(2,10-13)11-14-6-5-9-15-7-3-4-8-15/h14H,3-11H2,1-2H3. The Bertz CT molecular complexity index is 165. The predicted octanol–water partition coefficient (Wildman–Crippen LogP) is 2.33. The van der Waals surface area contributed by atoms with Gasteiger partial charge in [0.2, 0.25) is 0 Å². The Morgan fingerprint density at radius 3 is 2.53 bits per heavy atom. The summed E-state index contributed by atoms with van der Waals surface area (Å²) in [5.41, 5.74) is 0.231. The van der Waals surface area contributed by atoms with E-state index in [9.17, 15) is 0 Å². The molecule has 0 radical (unpaired) electrons. The van der Waals surface area contributed by atoms with Crippen LogP contribution in [0.2, 0.25) is 0 Å². The molecule has 0 aliphatic carbocycles. The molecule has 1 N–H and O–H groups in total. The van der Waals surface area contributed by atoms with Crippen molar-refractivity contribution < 1.29 is 0 Å². The fourth-order valence-corrected chi connectivity index (χ4v) is 2.00. The number of rotatable bonds is 7. The topological polar surface area (TPSA) is 15.3 Å². The Kier molecular flexibility index (Phi) is 5.95. The number of alkyl halides is 1. The second kappa shape index (κ2) is 6.72. The molecule has 1 aliphatic heterocycles. The number of nitrogens with one attached hydrogen (secondary N) is 1. The van der Waals surface area contributed by atoms with Gasteiger partial charge in [-0.2, -0.15) is 0 Å². The second-order valence-corrected chi connectivity index (χ2v) is 5.64. The van der Waals surface area contributed by atoms with Crippen LogP contribution in [-0.2, 0) is 0 Å². The van der Waals surface area contributed by atoms with Crippen molar-refractivity contribution in [3.8, 4) is 0 Å². The average molecular weight is 233 g/mol. The van der Waals surface area contributed by atoms with Crippen LogP contribution in [0.25, 0.3) is 0 Å². The highest BCUT2D eigenvalue weighted by molar-refractivity contribution is 6.18. The van der Waals surface area contributed by atoms with Gasteiger partial charge >= 0.3 is 0 Å². The maximum absolute atomic E-state index is 5.86. The van der Waals surface area contributed by atoms with Crippen LogP contribution < -0.4 is 5.32 Å². The zero-order valence-electron chi connectivity index (χ0n) is 10.2. The largest absolute Gasteiger partial charge is 0.316 e. The molecule has 0 amide bonds. The molecule has 0 saturated carbocycles. The number of halogens is 1. The lowest BCUT2D eigenvalue weighted by atomic mass is 9.96. The van der Waals surface area contributed by atoms with Crippen molar-refractivity contribution >= 4 is 11.6 Å². The highest BCUT2D eigenvalue weighted by Gasteiger charge is 2.15. The molecule has 1 fully saturated rings. The third kappa shape index (κ3) is 5.74. The highest BCUT2D eigenvalue weighted by atomic mass is 35.5. The first kappa shape index (κ1) is 13.3. The molecule has 3 heteroatoms. The van der Waals surface area contributed by atoms with Gasteiger partial charge in [-0.3, -0.25) is 0 Å². The smallest absolute Gasteiger partial charge is 0.0286 e. The van der Waals surface area contributed by atoms with Gasteiger partial charge in [0.05, 0.1) is 0 Å². The molecule has 0 spiro atoms. The van der Waals surface area contributed by atoms with Crippen LogP contribution >= 0.6 is 11.6 Å². The zero-order chi connectivity index (χ0) is 11.1. The minimum absolute atomic E-state index is 0.231. The number of nitrogens with zero attached hydrogens (tertiary/aromatic N) is 1. The number of likely N-dealkylation sites (tertiary alicyclic amines) is 1. The van der Waals surface area contributed by atoms with E-state index in [0.29, 0.717) is 0 Å². The lowest BCUT2D eigenvalue weighted by Crippen LogP contribution is -2.32. The van der Waals surface area contributed by atoms with Gasteiger partial charge in [-0.15, -0.1) is 11.6 Å². The molecule has 0 atom stereocenters. The molecule has 1 aliphatic rings. The van der Waals surface area contributed by atoms with Gasteiger partial charge < -0.3 is 10.2 Å². The summed E-state index contributed by atoms with van der Waals surface area (Å²) in [5.74, 6) is 0.728. The molecule has 1 rings (SSSR count). The van der Waals surface area contributed by atoms with Gasteiger partial charge in [0, 0.05) is 12.4 Å². The molecule has 2 nitrogen and oxygen atoms in total. The van der Waals surface area contributed by atoms with E-state index in [4.69, 9.17) is 11.6 Å². The van der Waals surface area contributed by atoms with Crippen LogP contribution in [0.1, 0.15) is 33.1 Å². The summed E-state index contributed by atoms with van der Waals surface area (Å²) in [6.45, 7) is 10.4. The molecule has 90 valence electrons. The van der Waals surface area contributed by atoms with E-state index in [0.717, 1.165) is 19.0 Å². The first-order valence-electron chi connectivity index (χ1n) is 6.13. The van der Waals surface area contributed by atoms with Crippen molar-refractivity contribution in [3.63, 3.8) is 0 Å². The minimum atomic E-state index is 0.231. The summed E-state index contributed by atoms with van der Waals surface area (Å²) in [6.07, 6.45) is 4.05. The number of hydrogen-bond donors (Lipinski definition) is 1. The number of hydrogen-bond acceptors (Lipinski definition) is 2. The Balaban J connectivity index is 1.92. The van der Waals surface area contributed by atoms with Gasteiger partial charge in [-0.1, -0.05) is 13.8 Å². The fraction of sp³-hybridized carbons (Fsp3) is 1.00. The summed E-state index contributed by atoms with van der Waals surface area (Å²) in [6, 6.07) is 0. The summed E-state index contributed by atoms with van der Waals surface area (Å²) in [7, 11) is 0. The maximum atomic E-state index is 5.86. The normalized spacial score (nSPS) is 18.6. The van der Waals surface area contributed by atoms with Crippen LogP contribution in [0.15, 0.2) is 0 Å². The summed E-state index contributed by atoms with van der Waals surface area (Å²) >= 11 is 5.86. The molecular weight excluding hydrogens is 208 g/mol. The molecule has 0 aromatic rings. The van der Waals surface area contributed by atoms with E-state index in [1.165, 1.54) is 38.9 Å². The molecule has 1 heterocycles. The Labute approximate surface area is 99.4 Å². The third-order valence-electron chi connectivity index (χ3n) is 2.99. The molecule has 0 unspecified atom stereocenters. The minimum Gasteiger partial charge on any atom is -0.316 e. The van der Waals surface area contributed by atoms with Crippen molar-refractivity contribution in [3.05, 3.63) is 0 Å². The molecule has 0 bridgehead atoms. The first-order valence-corrected chi connectivity index (χ1v) is 6.66. The lowest BCUT2D eigenvalue weighted by Gasteiger charge is -2.22. The van der Waals surface area contributed by atoms with Gasteiger partial charge in [0.1, 0.15) is 0 Å². The maximum Gasteiger partial charge on any atom is 0.0286 e. The van der Waals surface area contributed by atoms with E-state index in [-0.39, 0.29) is 5.41 Å². The third-order valence-corrected chi connectivity index (χ3v) is 3.72. The van der Waals surface area contributed by atoms with Gasteiger partial charge in [-0.25, -0.2) is 0 Å². The first-order chi connectivity index (χ1) is 7.14. The monoisotopic (exact) mass is 232 g/mol. The molecular formula is C12H25ClN2. The predicted molar refractivity (Wildman–Crippen MR) is 67.7 cm³/mol. The fourth-order valence-electron chi connectivity index (χ4n) is 1.91. The van der Waals surface area contributed by atoms with E-state index in [2.05, 4.69) is 24.1 Å². The Morgan fingerprint density at radius 2 is 1.93 bits per heavy atom. The van der Waals surface area contributed by atoms with Crippen molar-refractivity contribution in [2.75, 3.05) is 38.6 Å². The second-order valence-electron chi connectivity index (χ2n) is 5.38. The molecule has 0 aromatic heterocycles. The van der Waals surface area contributed by atoms with Crippen molar-refractivity contribution in [2.45, 2.75) is 33.1 Å². The van der Waals surface area contributed by atoms with E-state index >= 15 is 0 Å². The van der Waals surface area contributed by atoms with Crippen LogP contribution in [0.5, 0.6) is 0 Å². The van der Waals surface area contributed by atoms with Crippen LogP contribution in [0.3, 0.4) is 0 Å². The van der Waals surface area contributed by atoms with E-state index in [1.807, 2.05) is 0 Å². The quantitative estimate of drug-likeness (QED) is 0.536. The van der Waals surface area contributed by atoms with Crippen LogP contribution in [-0.4, -0.2) is 43.5 Å². The Morgan fingerprint density at radius 1 is 1.27 bits per heavy atom. The van der Waals surface area contributed by atoms with Gasteiger partial charge in [0.25, 0.3) is 0 Å².